The maximum absolute atomic E-state index is 12.0. The van der Waals surface area contributed by atoms with Crippen LogP contribution in [0, 0.1) is 0 Å². The highest BCUT2D eigenvalue weighted by molar-refractivity contribution is 5.92. The van der Waals surface area contributed by atoms with Gasteiger partial charge in [0.05, 0.1) is 7.11 Å². The molecule has 0 atom stereocenters. The van der Waals surface area contributed by atoms with Crippen molar-refractivity contribution in [2.45, 2.75) is 26.2 Å². The van der Waals surface area contributed by atoms with E-state index in [1.54, 1.807) is 19.2 Å². The van der Waals surface area contributed by atoms with Crippen molar-refractivity contribution in [1.82, 2.24) is 0 Å². The molecule has 4 heteroatoms. The SMILES string of the molecule is COc1cccc(NC(=O)COc2cccc(C(C)(C)C)c2)c1. The highest BCUT2D eigenvalue weighted by atomic mass is 16.5. The Kier molecular flexibility index (Phi) is 5.27. The van der Waals surface area contributed by atoms with Gasteiger partial charge in [-0.15, -0.1) is 0 Å². The fourth-order valence-electron chi connectivity index (χ4n) is 2.10. The van der Waals surface area contributed by atoms with E-state index in [2.05, 4.69) is 32.2 Å². The Hall–Kier alpha value is -2.49. The van der Waals surface area contributed by atoms with Crippen molar-refractivity contribution in [3.8, 4) is 11.5 Å². The third kappa shape index (κ3) is 5.02. The lowest BCUT2D eigenvalue weighted by Gasteiger charge is -2.19. The Labute approximate surface area is 137 Å². The lowest BCUT2D eigenvalue weighted by atomic mass is 9.87. The van der Waals surface area contributed by atoms with Crippen molar-refractivity contribution in [3.05, 3.63) is 54.1 Å². The first kappa shape index (κ1) is 16.9. The molecule has 2 aromatic rings. The lowest BCUT2D eigenvalue weighted by molar-refractivity contribution is -0.118. The molecule has 0 heterocycles. The van der Waals surface area contributed by atoms with Crippen molar-refractivity contribution >= 4 is 11.6 Å². The van der Waals surface area contributed by atoms with Gasteiger partial charge in [-0.2, -0.15) is 0 Å². The molecule has 0 aliphatic heterocycles. The van der Waals surface area contributed by atoms with Gasteiger partial charge in [0.2, 0.25) is 0 Å². The normalized spacial score (nSPS) is 11.0. The van der Waals surface area contributed by atoms with Gasteiger partial charge >= 0.3 is 0 Å². The van der Waals surface area contributed by atoms with Gasteiger partial charge in [-0.1, -0.05) is 39.0 Å². The second-order valence-electron chi connectivity index (χ2n) is 6.35. The molecule has 0 fully saturated rings. The Morgan fingerprint density at radius 1 is 1.04 bits per heavy atom. The number of carbonyl (C=O) groups is 1. The van der Waals surface area contributed by atoms with E-state index >= 15 is 0 Å². The molecule has 0 radical (unpaired) electrons. The van der Waals surface area contributed by atoms with E-state index in [-0.39, 0.29) is 17.9 Å². The molecule has 122 valence electrons. The van der Waals surface area contributed by atoms with E-state index in [1.165, 1.54) is 5.56 Å². The van der Waals surface area contributed by atoms with Crippen LogP contribution in [0.3, 0.4) is 0 Å². The first-order chi connectivity index (χ1) is 10.9. The lowest BCUT2D eigenvalue weighted by Crippen LogP contribution is -2.20. The molecule has 0 aromatic heterocycles. The maximum Gasteiger partial charge on any atom is 0.262 e. The van der Waals surface area contributed by atoms with Crippen molar-refractivity contribution in [1.29, 1.82) is 0 Å². The minimum Gasteiger partial charge on any atom is -0.497 e. The minimum absolute atomic E-state index is 0.0369. The molecular weight excluding hydrogens is 290 g/mol. The molecular formula is C19H23NO3. The molecule has 1 amide bonds. The summed E-state index contributed by atoms with van der Waals surface area (Å²) in [6, 6.07) is 15.0. The number of benzene rings is 2. The van der Waals surface area contributed by atoms with E-state index in [1.807, 2.05) is 30.3 Å². The van der Waals surface area contributed by atoms with Gasteiger partial charge in [-0.3, -0.25) is 4.79 Å². The number of hydrogen-bond acceptors (Lipinski definition) is 3. The topological polar surface area (TPSA) is 47.6 Å². The fourth-order valence-corrected chi connectivity index (χ4v) is 2.10. The molecule has 0 saturated carbocycles. The monoisotopic (exact) mass is 313 g/mol. The summed E-state index contributed by atoms with van der Waals surface area (Å²) in [7, 11) is 1.59. The average Bonchev–Trinajstić information content (AvgIpc) is 2.52. The zero-order valence-electron chi connectivity index (χ0n) is 14.1. The standard InChI is InChI=1S/C19H23NO3/c1-19(2,3)14-7-5-10-17(11-14)23-13-18(21)20-15-8-6-9-16(12-15)22-4/h5-12H,13H2,1-4H3,(H,20,21). The highest BCUT2D eigenvalue weighted by Gasteiger charge is 2.14. The van der Waals surface area contributed by atoms with Gasteiger partial charge in [-0.05, 0) is 35.2 Å². The van der Waals surface area contributed by atoms with Gasteiger partial charge in [0.1, 0.15) is 11.5 Å². The van der Waals surface area contributed by atoms with E-state index in [4.69, 9.17) is 9.47 Å². The number of methoxy groups -OCH3 is 1. The molecule has 0 unspecified atom stereocenters. The molecule has 0 spiro atoms. The van der Waals surface area contributed by atoms with Gasteiger partial charge in [0.25, 0.3) is 5.91 Å². The van der Waals surface area contributed by atoms with Crippen LogP contribution in [0.15, 0.2) is 48.5 Å². The number of hydrogen-bond donors (Lipinski definition) is 1. The van der Waals surface area contributed by atoms with Gasteiger partial charge in [-0.25, -0.2) is 0 Å². The molecule has 2 aromatic carbocycles. The molecule has 0 aliphatic rings. The molecule has 0 saturated heterocycles. The van der Waals surface area contributed by atoms with Crippen molar-refractivity contribution < 1.29 is 14.3 Å². The van der Waals surface area contributed by atoms with Crippen LogP contribution in [0.1, 0.15) is 26.3 Å². The summed E-state index contributed by atoms with van der Waals surface area (Å²) in [4.78, 5) is 12.0. The van der Waals surface area contributed by atoms with Gasteiger partial charge < -0.3 is 14.8 Å². The molecule has 4 nitrogen and oxygen atoms in total. The maximum atomic E-state index is 12.0. The Bertz CT molecular complexity index is 674. The van der Waals surface area contributed by atoms with Crippen molar-refractivity contribution in [2.24, 2.45) is 0 Å². The van der Waals surface area contributed by atoms with Crippen LogP contribution in [-0.2, 0) is 10.2 Å². The molecule has 2 rings (SSSR count). The first-order valence-corrected chi connectivity index (χ1v) is 7.56. The Morgan fingerprint density at radius 2 is 1.74 bits per heavy atom. The number of amides is 1. The van der Waals surface area contributed by atoms with Crippen LogP contribution in [0.25, 0.3) is 0 Å². The van der Waals surface area contributed by atoms with Gasteiger partial charge in [0.15, 0.2) is 6.61 Å². The van der Waals surface area contributed by atoms with E-state index in [9.17, 15) is 4.79 Å². The predicted octanol–water partition coefficient (Wildman–Crippen LogP) is 4.01. The molecule has 23 heavy (non-hydrogen) atoms. The Morgan fingerprint density at radius 3 is 2.43 bits per heavy atom. The smallest absolute Gasteiger partial charge is 0.262 e. The van der Waals surface area contributed by atoms with Crippen LogP contribution in [0.2, 0.25) is 0 Å². The summed E-state index contributed by atoms with van der Waals surface area (Å²) in [6.07, 6.45) is 0. The first-order valence-electron chi connectivity index (χ1n) is 7.56. The number of anilines is 1. The quantitative estimate of drug-likeness (QED) is 0.907. The zero-order valence-corrected chi connectivity index (χ0v) is 14.1. The van der Waals surface area contributed by atoms with Gasteiger partial charge in [0, 0.05) is 11.8 Å². The predicted molar refractivity (Wildman–Crippen MR) is 92.3 cm³/mol. The van der Waals surface area contributed by atoms with Crippen LogP contribution in [0.4, 0.5) is 5.69 Å². The third-order valence-corrected chi connectivity index (χ3v) is 3.42. The van der Waals surface area contributed by atoms with Crippen LogP contribution >= 0.6 is 0 Å². The number of rotatable bonds is 5. The summed E-state index contributed by atoms with van der Waals surface area (Å²) >= 11 is 0. The van der Waals surface area contributed by atoms with Crippen molar-refractivity contribution in [3.63, 3.8) is 0 Å². The summed E-state index contributed by atoms with van der Waals surface area (Å²) in [5.41, 5.74) is 1.90. The number of carbonyl (C=O) groups excluding carboxylic acids is 1. The molecule has 0 aliphatic carbocycles. The average molecular weight is 313 g/mol. The summed E-state index contributed by atoms with van der Waals surface area (Å²) in [5.74, 6) is 1.18. The Balaban J connectivity index is 1.94. The van der Waals surface area contributed by atoms with Crippen molar-refractivity contribution in [2.75, 3.05) is 19.0 Å². The zero-order chi connectivity index (χ0) is 16.9. The van der Waals surface area contributed by atoms with Crippen LogP contribution in [0.5, 0.6) is 11.5 Å². The van der Waals surface area contributed by atoms with Crippen LogP contribution in [-0.4, -0.2) is 19.6 Å². The van der Waals surface area contributed by atoms with Crippen LogP contribution < -0.4 is 14.8 Å². The largest absolute Gasteiger partial charge is 0.497 e. The molecule has 0 bridgehead atoms. The molecule has 1 N–H and O–H groups in total. The number of nitrogens with one attached hydrogen (secondary N) is 1. The summed E-state index contributed by atoms with van der Waals surface area (Å²) in [6.45, 7) is 6.38. The van der Waals surface area contributed by atoms with E-state index < -0.39 is 0 Å². The third-order valence-electron chi connectivity index (χ3n) is 3.42. The highest BCUT2D eigenvalue weighted by Crippen LogP contribution is 2.25. The van der Waals surface area contributed by atoms with E-state index in [0.717, 1.165) is 0 Å². The minimum atomic E-state index is -0.209. The number of ether oxygens (including phenoxy) is 2. The second-order valence-corrected chi connectivity index (χ2v) is 6.35. The summed E-state index contributed by atoms with van der Waals surface area (Å²) in [5, 5.41) is 2.79. The second kappa shape index (κ2) is 7.18. The summed E-state index contributed by atoms with van der Waals surface area (Å²) < 4.78 is 10.7. The van der Waals surface area contributed by atoms with E-state index in [0.29, 0.717) is 17.2 Å². The fraction of sp³-hybridized carbons (Fsp3) is 0.316.